The van der Waals surface area contributed by atoms with Gasteiger partial charge in [0.05, 0.1) is 12.5 Å². The number of rotatable bonds is 14. The van der Waals surface area contributed by atoms with Crippen LogP contribution in [0.3, 0.4) is 0 Å². The summed E-state index contributed by atoms with van der Waals surface area (Å²) in [6, 6.07) is 27.7. The van der Waals surface area contributed by atoms with E-state index in [2.05, 4.69) is 15.6 Å². The van der Waals surface area contributed by atoms with Crippen LogP contribution in [0.1, 0.15) is 44.7 Å². The molecule has 4 N–H and O–H groups in total. The summed E-state index contributed by atoms with van der Waals surface area (Å²) in [5.41, 5.74) is 2.91. The Hall–Kier alpha value is -3.38. The normalized spacial score (nSPS) is 13.5. The first-order valence-corrected chi connectivity index (χ1v) is 15.6. The number of amides is 2. The number of hydrogen-bond acceptors (Lipinski definition) is 5. The second kappa shape index (κ2) is 15.4. The SMILES string of the molecule is CC(=NCc1ccccc1)[P+](O)(O)CC(CCc1ccccc1)C(=O)N[C@@H](CC(C)C)C(=O)Nc1ccccc1. The summed E-state index contributed by atoms with van der Waals surface area (Å²) in [6.45, 7) is 5.92. The van der Waals surface area contributed by atoms with Crippen molar-refractivity contribution < 1.29 is 19.4 Å². The molecular formula is C32H41N3O4P+. The first-order chi connectivity index (χ1) is 19.1. The first-order valence-electron chi connectivity index (χ1n) is 13.7. The lowest BCUT2D eigenvalue weighted by Crippen LogP contribution is -2.47. The Labute approximate surface area is 238 Å². The van der Waals surface area contributed by atoms with E-state index in [0.717, 1.165) is 11.1 Å². The van der Waals surface area contributed by atoms with Crippen LogP contribution in [0.2, 0.25) is 0 Å². The molecule has 1 unspecified atom stereocenters. The average Bonchev–Trinajstić information content (AvgIpc) is 2.94. The summed E-state index contributed by atoms with van der Waals surface area (Å²) in [7, 11) is -3.66. The molecule has 2 atom stereocenters. The number of carbonyl (C=O) groups is 2. The lowest BCUT2D eigenvalue weighted by atomic mass is 9.98. The first kappa shape index (κ1) is 31.2. The highest BCUT2D eigenvalue weighted by atomic mass is 31.2. The van der Waals surface area contributed by atoms with Crippen LogP contribution in [0.5, 0.6) is 0 Å². The van der Waals surface area contributed by atoms with Gasteiger partial charge in [-0.2, -0.15) is 0 Å². The van der Waals surface area contributed by atoms with Crippen LogP contribution < -0.4 is 10.6 Å². The third-order valence-electron chi connectivity index (χ3n) is 6.70. The van der Waals surface area contributed by atoms with E-state index >= 15 is 0 Å². The molecule has 3 aromatic rings. The fourth-order valence-corrected chi connectivity index (χ4v) is 5.90. The highest BCUT2D eigenvalue weighted by molar-refractivity contribution is 7.81. The number of para-hydroxylation sites is 1. The molecule has 0 saturated carbocycles. The molecule has 0 aromatic heterocycles. The highest BCUT2D eigenvalue weighted by Gasteiger charge is 2.43. The van der Waals surface area contributed by atoms with Gasteiger partial charge in [0.15, 0.2) is 0 Å². The monoisotopic (exact) mass is 562 g/mol. The van der Waals surface area contributed by atoms with E-state index in [-0.39, 0.29) is 29.3 Å². The lowest BCUT2D eigenvalue weighted by Gasteiger charge is -2.24. The number of aryl methyl sites for hydroxylation is 1. The zero-order valence-corrected chi connectivity index (χ0v) is 24.4. The molecule has 0 fully saturated rings. The zero-order chi connectivity index (χ0) is 29.0. The lowest BCUT2D eigenvalue weighted by molar-refractivity contribution is -0.129. The van der Waals surface area contributed by atoms with Crippen molar-refractivity contribution in [3.8, 4) is 0 Å². The minimum Gasteiger partial charge on any atom is -0.344 e. The van der Waals surface area contributed by atoms with E-state index in [1.54, 1.807) is 19.1 Å². The van der Waals surface area contributed by atoms with Crippen molar-refractivity contribution in [2.24, 2.45) is 16.8 Å². The minimum absolute atomic E-state index is 0.134. The maximum absolute atomic E-state index is 13.7. The molecule has 0 radical (unpaired) electrons. The average molecular weight is 563 g/mol. The van der Waals surface area contributed by atoms with E-state index in [9.17, 15) is 19.4 Å². The van der Waals surface area contributed by atoms with Crippen LogP contribution in [-0.2, 0) is 22.6 Å². The van der Waals surface area contributed by atoms with Crippen LogP contribution in [0.15, 0.2) is 96.0 Å². The van der Waals surface area contributed by atoms with Gasteiger partial charge in [-0.15, -0.1) is 0 Å². The van der Waals surface area contributed by atoms with Gasteiger partial charge >= 0.3 is 7.72 Å². The Balaban J connectivity index is 1.77. The molecule has 0 heterocycles. The van der Waals surface area contributed by atoms with E-state index in [1.165, 1.54) is 0 Å². The van der Waals surface area contributed by atoms with Gasteiger partial charge in [-0.25, -0.2) is 14.8 Å². The molecule has 3 aromatic carbocycles. The van der Waals surface area contributed by atoms with Gasteiger partial charge in [-0.1, -0.05) is 92.7 Å². The molecule has 0 aliphatic rings. The Morgan fingerprint density at radius 3 is 1.95 bits per heavy atom. The molecular weight excluding hydrogens is 521 g/mol. The van der Waals surface area contributed by atoms with Gasteiger partial charge in [0, 0.05) is 12.6 Å². The Morgan fingerprint density at radius 2 is 1.38 bits per heavy atom. The predicted octanol–water partition coefficient (Wildman–Crippen LogP) is 5.86. The second-order valence-electron chi connectivity index (χ2n) is 10.5. The highest BCUT2D eigenvalue weighted by Crippen LogP contribution is 2.53. The molecule has 40 heavy (non-hydrogen) atoms. The van der Waals surface area contributed by atoms with Crippen LogP contribution in [-0.4, -0.2) is 39.3 Å². The standard InChI is InChI=1S/C32H40N3O4P/c1-24(2)21-30(32(37)34-29-17-11-6-12-18-29)35-31(36)28(20-19-26-13-7-4-8-14-26)23-40(38,39)25(3)33-22-27-15-9-5-10-16-27/h4-18,24,28,30,38-39H,19-23H2,1-3H3,(H-,34,35,36,37)/p+1/t28?,30-/m0/s1. The van der Waals surface area contributed by atoms with Gasteiger partial charge in [0.1, 0.15) is 12.2 Å². The molecule has 0 aliphatic heterocycles. The van der Waals surface area contributed by atoms with Crippen molar-refractivity contribution in [3.05, 3.63) is 102 Å². The smallest absolute Gasteiger partial charge is 0.314 e. The number of nitrogens with one attached hydrogen (secondary N) is 2. The molecule has 212 valence electrons. The maximum atomic E-state index is 13.7. The summed E-state index contributed by atoms with van der Waals surface area (Å²) in [6.07, 6.45) is 1.31. The third-order valence-corrected chi connectivity index (χ3v) is 8.83. The molecule has 3 rings (SSSR count). The van der Waals surface area contributed by atoms with E-state index in [0.29, 0.717) is 31.5 Å². The van der Waals surface area contributed by atoms with Crippen molar-refractivity contribution >= 4 is 30.7 Å². The third kappa shape index (κ3) is 10.3. The summed E-state index contributed by atoms with van der Waals surface area (Å²) in [5.74, 6) is -1.23. The van der Waals surface area contributed by atoms with Crippen molar-refractivity contribution in [3.63, 3.8) is 0 Å². The Morgan fingerprint density at radius 1 is 0.825 bits per heavy atom. The molecule has 0 saturated heterocycles. The van der Waals surface area contributed by atoms with Gasteiger partial charge in [-0.05, 0) is 48.4 Å². The second-order valence-corrected chi connectivity index (χ2v) is 13.0. The molecule has 0 spiro atoms. The summed E-state index contributed by atoms with van der Waals surface area (Å²) >= 11 is 0. The molecule has 7 nitrogen and oxygen atoms in total. The number of aliphatic imine (C=N–C) groups is 1. The Kier molecular flexibility index (Phi) is 12.0. The number of carbonyl (C=O) groups excluding carboxylic acids is 2. The van der Waals surface area contributed by atoms with Gasteiger partial charge in [-0.3, -0.25) is 9.59 Å². The number of hydrogen-bond donors (Lipinski definition) is 4. The largest absolute Gasteiger partial charge is 0.344 e. The van der Waals surface area contributed by atoms with Crippen LogP contribution in [0.4, 0.5) is 5.69 Å². The Bertz CT molecular complexity index is 1230. The predicted molar refractivity (Wildman–Crippen MR) is 164 cm³/mol. The summed E-state index contributed by atoms with van der Waals surface area (Å²) in [4.78, 5) is 53.5. The van der Waals surface area contributed by atoms with Crippen LogP contribution in [0.25, 0.3) is 0 Å². The van der Waals surface area contributed by atoms with Crippen LogP contribution in [0, 0.1) is 11.8 Å². The van der Waals surface area contributed by atoms with E-state index in [1.807, 2.05) is 92.7 Å². The van der Waals surface area contributed by atoms with Gasteiger partial charge in [0.2, 0.25) is 17.3 Å². The maximum Gasteiger partial charge on any atom is 0.314 e. The number of nitrogens with zero attached hydrogens (tertiary/aromatic N) is 1. The summed E-state index contributed by atoms with van der Waals surface area (Å²) in [5, 5.41) is 5.81. The molecule has 0 aliphatic carbocycles. The van der Waals surface area contributed by atoms with E-state index < -0.39 is 19.7 Å². The van der Waals surface area contributed by atoms with Crippen molar-refractivity contribution in [1.82, 2.24) is 5.32 Å². The minimum atomic E-state index is -3.66. The van der Waals surface area contributed by atoms with Crippen molar-refractivity contribution in [2.75, 3.05) is 11.5 Å². The topological polar surface area (TPSA) is 111 Å². The zero-order valence-electron chi connectivity index (χ0n) is 23.5. The van der Waals surface area contributed by atoms with Gasteiger partial charge in [0.25, 0.3) is 0 Å². The molecule has 0 bridgehead atoms. The van der Waals surface area contributed by atoms with E-state index in [4.69, 9.17) is 0 Å². The van der Waals surface area contributed by atoms with Gasteiger partial charge < -0.3 is 10.6 Å². The molecule has 2 amide bonds. The van der Waals surface area contributed by atoms with Crippen LogP contribution >= 0.6 is 7.72 Å². The van der Waals surface area contributed by atoms with Crippen molar-refractivity contribution in [1.29, 1.82) is 0 Å². The van der Waals surface area contributed by atoms with Crippen molar-refractivity contribution in [2.45, 2.75) is 52.6 Å². The number of anilines is 1. The summed E-state index contributed by atoms with van der Waals surface area (Å²) < 4.78 is 0. The quantitative estimate of drug-likeness (QED) is 0.146. The fourth-order valence-electron chi connectivity index (χ4n) is 4.38. The number of benzene rings is 3. The fraction of sp³-hybridized carbons (Fsp3) is 0.344. The molecule has 8 heteroatoms.